The van der Waals surface area contributed by atoms with Crippen LogP contribution in [-0.4, -0.2) is 4.98 Å². The summed E-state index contributed by atoms with van der Waals surface area (Å²) in [5.74, 6) is 0. The molecule has 70 valence electrons. The van der Waals surface area contributed by atoms with Crippen LogP contribution in [0.4, 0.5) is 0 Å². The average molecular weight is 204 g/mol. The molecule has 0 N–H and O–H groups in total. The first-order valence-electron chi connectivity index (χ1n) is 4.91. The Balaban J connectivity index is 2.33. The van der Waals surface area contributed by atoms with Crippen LogP contribution in [0.3, 0.4) is 0 Å². The fourth-order valence-corrected chi connectivity index (χ4v) is 2.27. The van der Waals surface area contributed by atoms with Gasteiger partial charge in [-0.15, -0.1) is 0 Å². The van der Waals surface area contributed by atoms with Crippen LogP contribution in [0, 0.1) is 0 Å². The van der Waals surface area contributed by atoms with E-state index in [4.69, 9.17) is 11.6 Å². The second kappa shape index (κ2) is 2.96. The first kappa shape index (κ1) is 8.25. The van der Waals surface area contributed by atoms with Crippen LogP contribution >= 0.6 is 11.6 Å². The van der Waals surface area contributed by atoms with Crippen LogP contribution in [0.15, 0.2) is 24.3 Å². The minimum atomic E-state index is 0.767. The van der Waals surface area contributed by atoms with Gasteiger partial charge in [0.05, 0.1) is 5.52 Å². The van der Waals surface area contributed by atoms with Crippen LogP contribution in [0.25, 0.3) is 10.9 Å². The molecule has 0 aliphatic heterocycles. The van der Waals surface area contributed by atoms with Crippen molar-refractivity contribution in [2.24, 2.45) is 0 Å². The predicted octanol–water partition coefficient (Wildman–Crippen LogP) is 3.38. The molecule has 14 heavy (non-hydrogen) atoms. The lowest BCUT2D eigenvalue weighted by Crippen LogP contribution is -1.89. The highest BCUT2D eigenvalue weighted by Crippen LogP contribution is 2.25. The Hall–Kier alpha value is -1.08. The Labute approximate surface area is 87.7 Å². The SMILES string of the molecule is Clc1ccc2cc3c(nc2c1)CCC3. The molecule has 1 aliphatic carbocycles. The van der Waals surface area contributed by atoms with Crippen molar-refractivity contribution in [3.05, 3.63) is 40.5 Å². The average Bonchev–Trinajstić information content (AvgIpc) is 2.61. The van der Waals surface area contributed by atoms with Crippen molar-refractivity contribution < 1.29 is 0 Å². The van der Waals surface area contributed by atoms with Crippen LogP contribution in [0.1, 0.15) is 17.7 Å². The van der Waals surface area contributed by atoms with Crippen LogP contribution < -0.4 is 0 Å². The van der Waals surface area contributed by atoms with E-state index in [9.17, 15) is 0 Å². The van der Waals surface area contributed by atoms with E-state index in [1.54, 1.807) is 0 Å². The molecule has 0 radical (unpaired) electrons. The minimum Gasteiger partial charge on any atom is -0.253 e. The van der Waals surface area contributed by atoms with E-state index in [2.05, 4.69) is 11.1 Å². The van der Waals surface area contributed by atoms with E-state index in [-0.39, 0.29) is 0 Å². The van der Waals surface area contributed by atoms with Gasteiger partial charge in [-0.05, 0) is 43.0 Å². The molecular formula is C12H10ClN. The summed E-state index contributed by atoms with van der Waals surface area (Å²) >= 11 is 5.93. The van der Waals surface area contributed by atoms with Crippen molar-refractivity contribution in [1.82, 2.24) is 4.98 Å². The molecule has 2 aromatic rings. The number of halogens is 1. The highest BCUT2D eigenvalue weighted by molar-refractivity contribution is 6.31. The van der Waals surface area contributed by atoms with Gasteiger partial charge in [0, 0.05) is 16.1 Å². The first-order chi connectivity index (χ1) is 6.83. The minimum absolute atomic E-state index is 0.767. The van der Waals surface area contributed by atoms with Crippen molar-refractivity contribution in [3.63, 3.8) is 0 Å². The van der Waals surface area contributed by atoms with Gasteiger partial charge in [-0.3, -0.25) is 4.98 Å². The molecule has 0 saturated carbocycles. The highest BCUT2D eigenvalue weighted by Gasteiger charge is 2.12. The molecule has 1 heterocycles. The number of aromatic nitrogens is 1. The Morgan fingerprint density at radius 3 is 3.00 bits per heavy atom. The fraction of sp³-hybridized carbons (Fsp3) is 0.250. The molecule has 3 rings (SSSR count). The van der Waals surface area contributed by atoms with Gasteiger partial charge in [0.15, 0.2) is 0 Å². The standard InChI is InChI=1S/C12H10ClN/c13-10-5-4-9-6-8-2-1-3-11(8)14-12(9)7-10/h4-7H,1-3H2. The summed E-state index contributed by atoms with van der Waals surface area (Å²) < 4.78 is 0. The number of pyridine rings is 1. The number of aryl methyl sites for hydroxylation is 2. The van der Waals surface area contributed by atoms with Crippen molar-refractivity contribution >= 4 is 22.5 Å². The first-order valence-corrected chi connectivity index (χ1v) is 5.29. The van der Waals surface area contributed by atoms with Gasteiger partial charge >= 0.3 is 0 Å². The van der Waals surface area contributed by atoms with E-state index in [0.29, 0.717) is 0 Å². The molecule has 1 aliphatic rings. The number of hydrogen-bond acceptors (Lipinski definition) is 1. The summed E-state index contributed by atoms with van der Waals surface area (Å²) in [6, 6.07) is 8.16. The van der Waals surface area contributed by atoms with Gasteiger partial charge < -0.3 is 0 Å². The zero-order valence-electron chi connectivity index (χ0n) is 7.76. The second-order valence-electron chi connectivity index (χ2n) is 3.78. The van der Waals surface area contributed by atoms with Crippen molar-refractivity contribution in [2.75, 3.05) is 0 Å². The Bertz CT molecular complexity index is 505. The molecular weight excluding hydrogens is 194 g/mol. The van der Waals surface area contributed by atoms with E-state index in [1.807, 2.05) is 18.2 Å². The molecule has 1 aromatic heterocycles. The third kappa shape index (κ3) is 1.20. The van der Waals surface area contributed by atoms with E-state index >= 15 is 0 Å². The van der Waals surface area contributed by atoms with Gasteiger partial charge in [0.25, 0.3) is 0 Å². The van der Waals surface area contributed by atoms with E-state index < -0.39 is 0 Å². The zero-order chi connectivity index (χ0) is 9.54. The summed E-state index contributed by atoms with van der Waals surface area (Å²) in [6.45, 7) is 0. The lowest BCUT2D eigenvalue weighted by molar-refractivity contribution is 0.901. The lowest BCUT2D eigenvalue weighted by atomic mass is 10.1. The predicted molar refractivity (Wildman–Crippen MR) is 58.8 cm³/mol. The molecule has 0 atom stereocenters. The summed E-state index contributed by atoms with van der Waals surface area (Å²) in [5, 5.41) is 1.97. The molecule has 1 nitrogen and oxygen atoms in total. The largest absolute Gasteiger partial charge is 0.253 e. The topological polar surface area (TPSA) is 12.9 Å². The summed E-state index contributed by atoms with van der Waals surface area (Å²) in [4.78, 5) is 4.63. The molecule has 0 saturated heterocycles. The molecule has 2 heteroatoms. The van der Waals surface area contributed by atoms with Crippen molar-refractivity contribution in [3.8, 4) is 0 Å². The number of rotatable bonds is 0. The lowest BCUT2D eigenvalue weighted by Gasteiger charge is -2.02. The maximum Gasteiger partial charge on any atom is 0.0720 e. The van der Waals surface area contributed by atoms with Gasteiger partial charge in [0.1, 0.15) is 0 Å². The molecule has 0 bridgehead atoms. The Kier molecular flexibility index (Phi) is 1.74. The third-order valence-electron chi connectivity index (χ3n) is 2.81. The maximum absolute atomic E-state index is 5.93. The number of hydrogen-bond donors (Lipinski definition) is 0. The normalized spacial score (nSPS) is 14.6. The zero-order valence-corrected chi connectivity index (χ0v) is 8.51. The van der Waals surface area contributed by atoms with Gasteiger partial charge in [-0.2, -0.15) is 0 Å². The Morgan fingerprint density at radius 2 is 2.07 bits per heavy atom. The number of nitrogens with zero attached hydrogens (tertiary/aromatic N) is 1. The fourth-order valence-electron chi connectivity index (χ4n) is 2.10. The molecule has 0 fully saturated rings. The summed E-state index contributed by atoms with van der Waals surface area (Å²) in [5.41, 5.74) is 3.71. The summed E-state index contributed by atoms with van der Waals surface area (Å²) in [7, 11) is 0. The molecule has 0 unspecified atom stereocenters. The quantitative estimate of drug-likeness (QED) is 0.640. The second-order valence-corrected chi connectivity index (χ2v) is 4.22. The molecule has 1 aromatic carbocycles. The van der Waals surface area contributed by atoms with Gasteiger partial charge in [-0.1, -0.05) is 17.7 Å². The monoisotopic (exact) mass is 203 g/mol. The van der Waals surface area contributed by atoms with E-state index in [0.717, 1.165) is 17.0 Å². The van der Waals surface area contributed by atoms with Crippen molar-refractivity contribution in [1.29, 1.82) is 0 Å². The van der Waals surface area contributed by atoms with Crippen LogP contribution in [-0.2, 0) is 12.8 Å². The molecule has 0 amide bonds. The maximum atomic E-state index is 5.93. The van der Waals surface area contributed by atoms with Gasteiger partial charge in [0.2, 0.25) is 0 Å². The number of benzene rings is 1. The van der Waals surface area contributed by atoms with Crippen molar-refractivity contribution in [2.45, 2.75) is 19.3 Å². The summed E-state index contributed by atoms with van der Waals surface area (Å²) in [6.07, 6.45) is 3.55. The highest BCUT2D eigenvalue weighted by atomic mass is 35.5. The van der Waals surface area contributed by atoms with E-state index in [1.165, 1.54) is 29.5 Å². The third-order valence-corrected chi connectivity index (χ3v) is 3.04. The number of fused-ring (bicyclic) bond motifs is 2. The Morgan fingerprint density at radius 1 is 1.14 bits per heavy atom. The molecule has 0 spiro atoms. The van der Waals surface area contributed by atoms with Gasteiger partial charge in [-0.25, -0.2) is 0 Å². The smallest absolute Gasteiger partial charge is 0.0720 e. The van der Waals surface area contributed by atoms with Crippen LogP contribution in [0.5, 0.6) is 0 Å². The van der Waals surface area contributed by atoms with Crippen LogP contribution in [0.2, 0.25) is 5.02 Å².